The first-order valence-corrected chi connectivity index (χ1v) is 7.63. The predicted molar refractivity (Wildman–Crippen MR) is 82.2 cm³/mol. The molecule has 1 heterocycles. The molecule has 5 nitrogen and oxygen atoms in total. The fourth-order valence-corrected chi connectivity index (χ4v) is 2.77. The van der Waals surface area contributed by atoms with Crippen LogP contribution in [0.5, 0.6) is 0 Å². The van der Waals surface area contributed by atoms with Gasteiger partial charge in [0.2, 0.25) is 11.1 Å². The zero-order valence-corrected chi connectivity index (χ0v) is 12.8. The van der Waals surface area contributed by atoms with Crippen LogP contribution in [-0.4, -0.2) is 21.9 Å². The molecule has 23 heavy (non-hydrogen) atoms. The second-order valence-electron chi connectivity index (χ2n) is 5.67. The quantitative estimate of drug-likeness (QED) is 0.817. The number of para-hydroxylation sites is 1. The standard InChI is InChI=1S/C17H17FN2O3/c1-11-10-15(21)16(17(22)23-12-6-2-3-7-12)19-20(11)14-9-5-4-8-13(14)18/h4-5,8-10,12H,2-3,6-7H2,1H3. The van der Waals surface area contributed by atoms with Gasteiger partial charge in [0.25, 0.3) is 0 Å². The highest BCUT2D eigenvalue weighted by Crippen LogP contribution is 2.21. The molecule has 1 aromatic carbocycles. The first-order chi connectivity index (χ1) is 11.1. The Morgan fingerprint density at radius 2 is 2.00 bits per heavy atom. The number of hydrogen-bond donors (Lipinski definition) is 0. The number of benzene rings is 1. The van der Waals surface area contributed by atoms with Crippen LogP contribution in [-0.2, 0) is 4.74 Å². The number of esters is 1. The van der Waals surface area contributed by atoms with E-state index in [0.717, 1.165) is 25.7 Å². The number of carbonyl (C=O) groups excluding carboxylic acids is 1. The highest BCUT2D eigenvalue weighted by Gasteiger charge is 2.23. The topological polar surface area (TPSA) is 61.2 Å². The molecule has 0 saturated heterocycles. The van der Waals surface area contributed by atoms with E-state index in [-0.39, 0.29) is 17.5 Å². The Morgan fingerprint density at radius 3 is 2.70 bits per heavy atom. The first-order valence-electron chi connectivity index (χ1n) is 7.63. The molecule has 2 aromatic rings. The number of aromatic nitrogens is 2. The van der Waals surface area contributed by atoms with Crippen molar-refractivity contribution in [1.82, 2.24) is 9.78 Å². The fourth-order valence-electron chi connectivity index (χ4n) is 2.77. The SMILES string of the molecule is Cc1cc(=O)c(C(=O)OC2CCCC2)nn1-c1ccccc1F. The van der Waals surface area contributed by atoms with Crippen LogP contribution in [0.25, 0.3) is 5.69 Å². The highest BCUT2D eigenvalue weighted by atomic mass is 19.1. The van der Waals surface area contributed by atoms with Crippen LogP contribution >= 0.6 is 0 Å². The molecular weight excluding hydrogens is 299 g/mol. The van der Waals surface area contributed by atoms with Gasteiger partial charge in [-0.2, -0.15) is 5.10 Å². The minimum atomic E-state index is -0.744. The van der Waals surface area contributed by atoms with Gasteiger partial charge in [-0.25, -0.2) is 13.9 Å². The maximum absolute atomic E-state index is 14.0. The van der Waals surface area contributed by atoms with Gasteiger partial charge in [-0.1, -0.05) is 12.1 Å². The van der Waals surface area contributed by atoms with Gasteiger partial charge in [-0.05, 0) is 44.7 Å². The molecule has 6 heteroatoms. The van der Waals surface area contributed by atoms with Crippen molar-refractivity contribution < 1.29 is 13.9 Å². The average Bonchev–Trinajstić information content (AvgIpc) is 3.01. The van der Waals surface area contributed by atoms with Gasteiger partial charge in [0.05, 0.1) is 0 Å². The van der Waals surface area contributed by atoms with Gasteiger partial charge in [-0.15, -0.1) is 0 Å². The molecular formula is C17H17FN2O3. The lowest BCUT2D eigenvalue weighted by atomic mass is 10.2. The zero-order valence-electron chi connectivity index (χ0n) is 12.8. The molecule has 1 aliphatic carbocycles. The third-order valence-corrected chi connectivity index (χ3v) is 3.96. The van der Waals surface area contributed by atoms with Crippen LogP contribution in [0.1, 0.15) is 41.9 Å². The van der Waals surface area contributed by atoms with Gasteiger partial charge >= 0.3 is 5.97 Å². The van der Waals surface area contributed by atoms with E-state index in [1.165, 1.54) is 22.9 Å². The van der Waals surface area contributed by atoms with E-state index in [1.807, 2.05) is 0 Å². The molecule has 3 rings (SSSR count). The number of ether oxygens (including phenoxy) is 1. The number of hydrogen-bond acceptors (Lipinski definition) is 4. The Balaban J connectivity index is 1.98. The van der Waals surface area contributed by atoms with Crippen molar-refractivity contribution in [2.45, 2.75) is 38.7 Å². The highest BCUT2D eigenvalue weighted by molar-refractivity contribution is 5.87. The normalized spacial score (nSPS) is 14.9. The van der Waals surface area contributed by atoms with Crippen LogP contribution in [0.2, 0.25) is 0 Å². The summed E-state index contributed by atoms with van der Waals surface area (Å²) in [6.45, 7) is 1.63. The minimum absolute atomic E-state index is 0.160. The summed E-state index contributed by atoms with van der Waals surface area (Å²) >= 11 is 0. The second-order valence-corrected chi connectivity index (χ2v) is 5.67. The van der Waals surface area contributed by atoms with E-state index in [1.54, 1.807) is 19.1 Å². The average molecular weight is 316 g/mol. The molecule has 0 unspecified atom stereocenters. The Morgan fingerprint density at radius 1 is 1.30 bits per heavy atom. The number of nitrogens with zero attached hydrogens (tertiary/aromatic N) is 2. The molecule has 0 spiro atoms. The first kappa shape index (κ1) is 15.4. The molecule has 0 bridgehead atoms. The van der Waals surface area contributed by atoms with E-state index in [0.29, 0.717) is 5.69 Å². The summed E-state index contributed by atoms with van der Waals surface area (Å²) in [5, 5.41) is 4.03. The van der Waals surface area contributed by atoms with Crippen molar-refractivity contribution >= 4 is 5.97 Å². The summed E-state index contributed by atoms with van der Waals surface area (Å²) in [6.07, 6.45) is 3.47. The Hall–Kier alpha value is -2.50. The Bertz CT molecular complexity index is 795. The van der Waals surface area contributed by atoms with Crippen molar-refractivity contribution in [3.05, 3.63) is 57.8 Å². The zero-order chi connectivity index (χ0) is 16.4. The third kappa shape index (κ3) is 3.16. The third-order valence-electron chi connectivity index (χ3n) is 3.96. The van der Waals surface area contributed by atoms with Gasteiger partial charge < -0.3 is 4.74 Å². The molecule has 120 valence electrons. The van der Waals surface area contributed by atoms with E-state index in [2.05, 4.69) is 5.10 Å². The van der Waals surface area contributed by atoms with Gasteiger partial charge in [0.15, 0.2) is 0 Å². The van der Waals surface area contributed by atoms with Crippen LogP contribution in [0.4, 0.5) is 4.39 Å². The lowest BCUT2D eigenvalue weighted by Gasteiger charge is -2.13. The van der Waals surface area contributed by atoms with Crippen LogP contribution < -0.4 is 5.43 Å². The summed E-state index contributed by atoms with van der Waals surface area (Å²) in [4.78, 5) is 24.3. The number of rotatable bonds is 3. The largest absolute Gasteiger partial charge is 0.458 e. The maximum Gasteiger partial charge on any atom is 0.363 e. The minimum Gasteiger partial charge on any atom is -0.458 e. The van der Waals surface area contributed by atoms with Crippen molar-refractivity contribution in [3.8, 4) is 5.69 Å². The molecule has 0 aliphatic heterocycles. The van der Waals surface area contributed by atoms with E-state index in [4.69, 9.17) is 4.74 Å². The predicted octanol–water partition coefficient (Wildman–Crippen LogP) is 2.78. The summed E-state index contributed by atoms with van der Waals surface area (Å²) in [7, 11) is 0. The summed E-state index contributed by atoms with van der Waals surface area (Å²) in [5.41, 5.74) is -0.207. The number of halogens is 1. The van der Waals surface area contributed by atoms with E-state index < -0.39 is 17.2 Å². The van der Waals surface area contributed by atoms with Crippen molar-refractivity contribution in [2.75, 3.05) is 0 Å². The molecule has 0 atom stereocenters. The molecule has 1 fully saturated rings. The Labute approximate surface area is 132 Å². The monoisotopic (exact) mass is 316 g/mol. The molecule has 1 aromatic heterocycles. The van der Waals surface area contributed by atoms with Crippen molar-refractivity contribution in [2.24, 2.45) is 0 Å². The van der Waals surface area contributed by atoms with Gasteiger partial charge in [0.1, 0.15) is 17.6 Å². The van der Waals surface area contributed by atoms with Crippen LogP contribution in [0.15, 0.2) is 35.1 Å². The van der Waals surface area contributed by atoms with E-state index in [9.17, 15) is 14.0 Å². The molecule has 0 amide bonds. The number of carbonyl (C=O) groups is 1. The summed E-state index contributed by atoms with van der Waals surface area (Å²) in [6, 6.07) is 7.32. The van der Waals surface area contributed by atoms with Gasteiger partial charge in [0, 0.05) is 11.8 Å². The molecule has 0 radical (unpaired) electrons. The van der Waals surface area contributed by atoms with Crippen LogP contribution in [0.3, 0.4) is 0 Å². The lowest BCUT2D eigenvalue weighted by Crippen LogP contribution is -2.26. The molecule has 1 saturated carbocycles. The lowest BCUT2D eigenvalue weighted by molar-refractivity contribution is 0.0307. The smallest absolute Gasteiger partial charge is 0.363 e. The van der Waals surface area contributed by atoms with E-state index >= 15 is 0 Å². The molecule has 0 N–H and O–H groups in total. The summed E-state index contributed by atoms with van der Waals surface area (Å²) in [5.74, 6) is -1.23. The number of aryl methyl sites for hydroxylation is 1. The maximum atomic E-state index is 14.0. The van der Waals surface area contributed by atoms with Crippen molar-refractivity contribution in [1.29, 1.82) is 0 Å². The second kappa shape index (κ2) is 6.32. The van der Waals surface area contributed by atoms with Gasteiger partial charge in [-0.3, -0.25) is 4.79 Å². The van der Waals surface area contributed by atoms with Crippen molar-refractivity contribution in [3.63, 3.8) is 0 Å². The molecule has 1 aliphatic rings. The fraction of sp³-hybridized carbons (Fsp3) is 0.353. The van der Waals surface area contributed by atoms with Crippen LogP contribution in [0, 0.1) is 12.7 Å². The summed E-state index contributed by atoms with van der Waals surface area (Å²) < 4.78 is 20.5. The Kier molecular flexibility index (Phi) is 4.23.